The summed E-state index contributed by atoms with van der Waals surface area (Å²) < 4.78 is 6.67. The van der Waals surface area contributed by atoms with Crippen molar-refractivity contribution in [2.75, 3.05) is 6.61 Å². The van der Waals surface area contributed by atoms with E-state index >= 15 is 0 Å². The van der Waals surface area contributed by atoms with Crippen molar-refractivity contribution >= 4 is 17.6 Å². The lowest BCUT2D eigenvalue weighted by Gasteiger charge is -2.01. The van der Waals surface area contributed by atoms with Crippen LogP contribution in [0, 0.1) is 11.3 Å². The summed E-state index contributed by atoms with van der Waals surface area (Å²) in [6.45, 7) is 1.93. The lowest BCUT2D eigenvalue weighted by atomic mass is 10.0. The summed E-state index contributed by atoms with van der Waals surface area (Å²) in [6, 6.07) is 17.2. The van der Waals surface area contributed by atoms with Gasteiger partial charge in [-0.05, 0) is 25.1 Å². The Kier molecular flexibility index (Phi) is 4.39. The number of nitrogens with zero attached hydrogens (tertiary/aromatic N) is 3. The Morgan fingerprint density at radius 3 is 2.71 bits per heavy atom. The van der Waals surface area contributed by atoms with Crippen LogP contribution < -0.4 is 0 Å². The maximum absolute atomic E-state index is 11.9. The fourth-order valence-corrected chi connectivity index (χ4v) is 2.46. The molecule has 0 amide bonds. The summed E-state index contributed by atoms with van der Waals surface area (Å²) in [5.74, 6) is -0.630. The number of rotatable bonds is 4. The fourth-order valence-electron chi connectivity index (χ4n) is 2.46. The number of fused-ring (bicyclic) bond motifs is 1. The molecular weight excluding hydrogens is 302 g/mol. The van der Waals surface area contributed by atoms with Crippen molar-refractivity contribution in [1.82, 2.24) is 9.61 Å². The number of hydrogen-bond donors (Lipinski definition) is 0. The van der Waals surface area contributed by atoms with Gasteiger partial charge in [0.25, 0.3) is 0 Å². The fraction of sp³-hybridized carbons (Fsp3) is 0.105. The highest BCUT2D eigenvalue weighted by molar-refractivity contribution is 6.00. The summed E-state index contributed by atoms with van der Waals surface area (Å²) in [5.41, 5.74) is 3.10. The largest absolute Gasteiger partial charge is 0.462 e. The SMILES string of the molecule is CCOC(=O)/C(C#N)=C/c1c(-c2ccccc2)nn2ccccc12. The number of carbonyl (C=O) groups is 1. The van der Waals surface area contributed by atoms with Crippen LogP contribution in [0.1, 0.15) is 12.5 Å². The molecule has 3 aromatic rings. The third-order valence-electron chi connectivity index (χ3n) is 3.53. The maximum atomic E-state index is 11.9. The molecule has 3 rings (SSSR count). The van der Waals surface area contributed by atoms with Gasteiger partial charge in [0, 0.05) is 17.3 Å². The first kappa shape index (κ1) is 15.5. The van der Waals surface area contributed by atoms with Gasteiger partial charge in [0.2, 0.25) is 0 Å². The number of esters is 1. The molecule has 0 unspecified atom stereocenters. The summed E-state index contributed by atoms with van der Waals surface area (Å²) in [6.07, 6.45) is 3.37. The Morgan fingerprint density at radius 1 is 1.25 bits per heavy atom. The minimum absolute atomic E-state index is 0.0483. The molecular formula is C19H15N3O2. The Hall–Kier alpha value is -3.39. The van der Waals surface area contributed by atoms with E-state index in [0.717, 1.165) is 11.1 Å². The molecule has 0 spiro atoms. The van der Waals surface area contributed by atoms with Crippen molar-refractivity contribution in [1.29, 1.82) is 5.26 Å². The van der Waals surface area contributed by atoms with Crippen molar-refractivity contribution in [3.05, 3.63) is 65.9 Å². The molecule has 0 saturated carbocycles. The van der Waals surface area contributed by atoms with Crippen LogP contribution in [-0.2, 0) is 9.53 Å². The molecule has 5 nitrogen and oxygen atoms in total. The van der Waals surface area contributed by atoms with Gasteiger partial charge in [-0.2, -0.15) is 10.4 Å². The smallest absolute Gasteiger partial charge is 0.348 e. The molecule has 0 atom stereocenters. The van der Waals surface area contributed by atoms with Crippen molar-refractivity contribution in [3.63, 3.8) is 0 Å². The van der Waals surface area contributed by atoms with Gasteiger partial charge in [0.05, 0.1) is 12.1 Å². The molecule has 0 fully saturated rings. The summed E-state index contributed by atoms with van der Waals surface area (Å²) >= 11 is 0. The second kappa shape index (κ2) is 6.80. The monoisotopic (exact) mass is 317 g/mol. The number of nitriles is 1. The first-order valence-electron chi connectivity index (χ1n) is 7.56. The standard InChI is InChI=1S/C19H15N3O2/c1-2-24-19(23)15(13-20)12-16-17-10-6-7-11-22(17)21-18(16)14-8-4-3-5-9-14/h3-12H,2H2,1H3/b15-12+. The third-order valence-corrected chi connectivity index (χ3v) is 3.53. The normalized spacial score (nSPS) is 11.2. The van der Waals surface area contributed by atoms with Gasteiger partial charge in [-0.15, -0.1) is 0 Å². The van der Waals surface area contributed by atoms with E-state index in [1.165, 1.54) is 0 Å². The molecule has 0 saturated heterocycles. The molecule has 0 radical (unpaired) electrons. The van der Waals surface area contributed by atoms with Crippen LogP contribution in [0.4, 0.5) is 0 Å². The van der Waals surface area contributed by atoms with E-state index < -0.39 is 5.97 Å². The molecule has 118 valence electrons. The number of pyridine rings is 1. The Bertz CT molecular complexity index is 950. The average Bonchev–Trinajstić information content (AvgIpc) is 2.99. The number of hydrogen-bond acceptors (Lipinski definition) is 4. The Morgan fingerprint density at radius 2 is 2.00 bits per heavy atom. The van der Waals surface area contributed by atoms with E-state index in [0.29, 0.717) is 11.3 Å². The molecule has 0 aliphatic heterocycles. The predicted molar refractivity (Wildman–Crippen MR) is 90.9 cm³/mol. The number of aromatic nitrogens is 2. The van der Waals surface area contributed by atoms with Crippen LogP contribution in [-0.4, -0.2) is 22.2 Å². The van der Waals surface area contributed by atoms with Crippen molar-refractivity contribution in [3.8, 4) is 17.3 Å². The highest BCUT2D eigenvalue weighted by Gasteiger charge is 2.16. The van der Waals surface area contributed by atoms with E-state index in [1.807, 2.05) is 60.8 Å². The zero-order chi connectivity index (χ0) is 16.9. The van der Waals surface area contributed by atoms with Gasteiger partial charge in [-0.25, -0.2) is 9.31 Å². The number of benzene rings is 1. The topological polar surface area (TPSA) is 67.4 Å². The van der Waals surface area contributed by atoms with E-state index in [4.69, 9.17) is 4.74 Å². The Balaban J connectivity index is 2.22. The first-order valence-corrected chi connectivity index (χ1v) is 7.56. The van der Waals surface area contributed by atoms with Gasteiger partial charge < -0.3 is 4.74 Å². The van der Waals surface area contributed by atoms with Crippen LogP contribution in [0.2, 0.25) is 0 Å². The second-order valence-corrected chi connectivity index (χ2v) is 5.05. The van der Waals surface area contributed by atoms with E-state index in [2.05, 4.69) is 5.10 Å². The first-order chi connectivity index (χ1) is 11.7. The van der Waals surface area contributed by atoms with Crippen molar-refractivity contribution in [2.24, 2.45) is 0 Å². The number of ether oxygens (including phenoxy) is 1. The van der Waals surface area contributed by atoms with E-state index in [1.54, 1.807) is 17.5 Å². The zero-order valence-electron chi connectivity index (χ0n) is 13.1. The van der Waals surface area contributed by atoms with E-state index in [9.17, 15) is 10.1 Å². The quantitative estimate of drug-likeness (QED) is 0.420. The molecule has 0 bridgehead atoms. The molecule has 2 aromatic heterocycles. The van der Waals surface area contributed by atoms with Crippen LogP contribution in [0.3, 0.4) is 0 Å². The molecule has 2 heterocycles. The minimum Gasteiger partial charge on any atom is -0.462 e. The zero-order valence-corrected chi connectivity index (χ0v) is 13.1. The van der Waals surface area contributed by atoms with Crippen molar-refractivity contribution in [2.45, 2.75) is 6.92 Å². The lowest BCUT2D eigenvalue weighted by molar-refractivity contribution is -0.137. The Labute approximate surface area is 139 Å². The molecule has 0 N–H and O–H groups in total. The van der Waals surface area contributed by atoms with Gasteiger partial charge >= 0.3 is 5.97 Å². The molecule has 5 heteroatoms. The van der Waals surface area contributed by atoms with Crippen LogP contribution in [0.15, 0.2) is 60.3 Å². The van der Waals surface area contributed by atoms with Crippen LogP contribution in [0.25, 0.3) is 22.9 Å². The predicted octanol–water partition coefficient (Wildman–Crippen LogP) is 3.47. The van der Waals surface area contributed by atoms with Gasteiger partial charge in [-0.1, -0.05) is 36.4 Å². The third kappa shape index (κ3) is 2.90. The highest BCUT2D eigenvalue weighted by atomic mass is 16.5. The van der Waals surface area contributed by atoms with E-state index in [-0.39, 0.29) is 12.2 Å². The molecule has 24 heavy (non-hydrogen) atoms. The summed E-state index contributed by atoms with van der Waals surface area (Å²) in [7, 11) is 0. The molecule has 1 aromatic carbocycles. The lowest BCUT2D eigenvalue weighted by Crippen LogP contribution is -2.06. The summed E-state index contributed by atoms with van der Waals surface area (Å²) in [5, 5.41) is 13.9. The highest BCUT2D eigenvalue weighted by Crippen LogP contribution is 2.28. The van der Waals surface area contributed by atoms with Crippen LogP contribution in [0.5, 0.6) is 0 Å². The second-order valence-electron chi connectivity index (χ2n) is 5.05. The number of carbonyl (C=O) groups excluding carboxylic acids is 1. The summed E-state index contributed by atoms with van der Waals surface area (Å²) in [4.78, 5) is 11.9. The molecule has 0 aliphatic carbocycles. The average molecular weight is 317 g/mol. The van der Waals surface area contributed by atoms with Gasteiger partial charge in [-0.3, -0.25) is 0 Å². The molecule has 0 aliphatic rings. The maximum Gasteiger partial charge on any atom is 0.348 e. The van der Waals surface area contributed by atoms with Gasteiger partial charge in [0.15, 0.2) is 0 Å². The van der Waals surface area contributed by atoms with Crippen molar-refractivity contribution < 1.29 is 9.53 Å². The van der Waals surface area contributed by atoms with Gasteiger partial charge in [0.1, 0.15) is 17.3 Å². The minimum atomic E-state index is -0.630. The van der Waals surface area contributed by atoms with Crippen LogP contribution >= 0.6 is 0 Å².